The lowest BCUT2D eigenvalue weighted by Gasteiger charge is -2.23. The second-order valence-electron chi connectivity index (χ2n) is 7.54. The van der Waals surface area contributed by atoms with Gasteiger partial charge in [-0.25, -0.2) is 4.79 Å². The van der Waals surface area contributed by atoms with Gasteiger partial charge in [0.15, 0.2) is 0 Å². The third kappa shape index (κ3) is 7.95. The van der Waals surface area contributed by atoms with Crippen molar-refractivity contribution in [1.29, 1.82) is 0 Å². The summed E-state index contributed by atoms with van der Waals surface area (Å²) in [5, 5.41) is 5.27. The fourth-order valence-electron chi connectivity index (χ4n) is 2.96. The Hall–Kier alpha value is -3.35. The van der Waals surface area contributed by atoms with Gasteiger partial charge in [0.1, 0.15) is 18.7 Å². The summed E-state index contributed by atoms with van der Waals surface area (Å²) in [6, 6.07) is 16.8. The van der Waals surface area contributed by atoms with Crippen molar-refractivity contribution in [2.75, 3.05) is 0 Å². The molecule has 160 valence electrons. The maximum absolute atomic E-state index is 12.9. The number of hydrogen-bond acceptors (Lipinski definition) is 4. The zero-order valence-electron chi connectivity index (χ0n) is 17.3. The first-order chi connectivity index (χ1) is 14.3. The molecule has 0 spiro atoms. The van der Waals surface area contributed by atoms with E-state index >= 15 is 0 Å². The SMILES string of the molecule is CC(C)C[C@H](NC(=O)[C@@H](Cc1ccccc1)NC(=O)OCc1ccccc1)C(N)=O. The Kier molecular flexibility index (Phi) is 8.87. The van der Waals surface area contributed by atoms with Crippen molar-refractivity contribution < 1.29 is 19.1 Å². The van der Waals surface area contributed by atoms with Crippen LogP contribution in [-0.4, -0.2) is 30.0 Å². The monoisotopic (exact) mass is 411 g/mol. The summed E-state index contributed by atoms with van der Waals surface area (Å²) >= 11 is 0. The molecule has 2 atom stereocenters. The van der Waals surface area contributed by atoms with Crippen molar-refractivity contribution in [3.8, 4) is 0 Å². The molecule has 0 aliphatic rings. The highest BCUT2D eigenvalue weighted by Gasteiger charge is 2.27. The molecule has 0 saturated heterocycles. The molecule has 2 aromatic carbocycles. The summed E-state index contributed by atoms with van der Waals surface area (Å²) in [5.74, 6) is -0.929. The number of rotatable bonds is 10. The second kappa shape index (κ2) is 11.6. The molecular weight excluding hydrogens is 382 g/mol. The predicted octanol–water partition coefficient (Wildman–Crippen LogP) is 2.54. The molecule has 2 aromatic rings. The Labute approximate surface area is 177 Å². The Morgan fingerprint density at radius 2 is 1.43 bits per heavy atom. The third-order valence-corrected chi connectivity index (χ3v) is 4.47. The molecular formula is C23H29N3O4. The number of amides is 3. The standard InChI is InChI=1S/C23H29N3O4/c1-16(2)13-19(21(24)27)25-22(28)20(14-17-9-5-3-6-10-17)26-23(29)30-15-18-11-7-4-8-12-18/h3-12,16,19-20H,13-15H2,1-2H3,(H2,24,27)(H,25,28)(H,26,29)/t19-,20+/m0/s1. The van der Waals surface area contributed by atoms with Crippen LogP contribution in [0, 0.1) is 5.92 Å². The Morgan fingerprint density at radius 3 is 1.97 bits per heavy atom. The first-order valence-electron chi connectivity index (χ1n) is 9.96. The Morgan fingerprint density at radius 1 is 0.867 bits per heavy atom. The fraction of sp³-hybridized carbons (Fsp3) is 0.348. The van der Waals surface area contributed by atoms with Gasteiger partial charge in [0.2, 0.25) is 11.8 Å². The summed E-state index contributed by atoms with van der Waals surface area (Å²) in [6.45, 7) is 3.95. The van der Waals surface area contributed by atoms with Crippen LogP contribution in [0.3, 0.4) is 0 Å². The molecule has 7 heteroatoms. The molecule has 4 N–H and O–H groups in total. The lowest BCUT2D eigenvalue weighted by molar-refractivity contribution is -0.128. The van der Waals surface area contributed by atoms with Gasteiger partial charge in [0.05, 0.1) is 0 Å². The number of carbonyl (C=O) groups excluding carboxylic acids is 3. The largest absolute Gasteiger partial charge is 0.445 e. The van der Waals surface area contributed by atoms with E-state index in [1.807, 2.05) is 74.5 Å². The number of alkyl carbamates (subject to hydrolysis) is 1. The molecule has 0 aliphatic heterocycles. The van der Waals surface area contributed by atoms with Crippen molar-refractivity contribution in [2.24, 2.45) is 11.7 Å². The van der Waals surface area contributed by atoms with Crippen LogP contribution < -0.4 is 16.4 Å². The molecule has 0 radical (unpaired) electrons. The normalized spacial score (nSPS) is 12.6. The summed E-state index contributed by atoms with van der Waals surface area (Å²) in [5.41, 5.74) is 7.13. The first kappa shape index (κ1) is 22.9. The summed E-state index contributed by atoms with van der Waals surface area (Å²) in [7, 11) is 0. The predicted molar refractivity (Wildman–Crippen MR) is 114 cm³/mol. The Balaban J connectivity index is 2.06. The maximum Gasteiger partial charge on any atom is 0.408 e. The minimum absolute atomic E-state index is 0.0869. The van der Waals surface area contributed by atoms with Gasteiger partial charge in [-0.2, -0.15) is 0 Å². The summed E-state index contributed by atoms with van der Waals surface area (Å²) in [6.07, 6.45) is -0.0490. The molecule has 0 saturated carbocycles. The van der Waals surface area contributed by atoms with E-state index in [0.717, 1.165) is 11.1 Å². The quantitative estimate of drug-likeness (QED) is 0.558. The molecule has 0 fully saturated rings. The lowest BCUT2D eigenvalue weighted by Crippen LogP contribution is -2.54. The van der Waals surface area contributed by atoms with Gasteiger partial charge in [-0.1, -0.05) is 74.5 Å². The fourth-order valence-corrected chi connectivity index (χ4v) is 2.96. The number of hydrogen-bond donors (Lipinski definition) is 3. The van der Waals surface area contributed by atoms with Crippen molar-refractivity contribution >= 4 is 17.9 Å². The number of primary amides is 1. The van der Waals surface area contributed by atoms with Crippen LogP contribution in [-0.2, 0) is 27.4 Å². The number of carbonyl (C=O) groups is 3. The van der Waals surface area contributed by atoms with Gasteiger partial charge in [0, 0.05) is 6.42 Å². The van der Waals surface area contributed by atoms with E-state index in [1.165, 1.54) is 0 Å². The number of nitrogens with one attached hydrogen (secondary N) is 2. The topological polar surface area (TPSA) is 111 Å². The molecule has 30 heavy (non-hydrogen) atoms. The van der Waals surface area contributed by atoms with Gasteiger partial charge < -0.3 is 21.1 Å². The van der Waals surface area contributed by atoms with Crippen LogP contribution in [0.4, 0.5) is 4.79 Å². The molecule has 7 nitrogen and oxygen atoms in total. The molecule has 3 amide bonds. The highest BCUT2D eigenvalue weighted by Crippen LogP contribution is 2.08. The minimum Gasteiger partial charge on any atom is -0.445 e. The number of benzene rings is 2. The van der Waals surface area contributed by atoms with E-state index in [-0.39, 0.29) is 18.9 Å². The van der Waals surface area contributed by atoms with Crippen LogP contribution in [0.25, 0.3) is 0 Å². The third-order valence-electron chi connectivity index (χ3n) is 4.47. The van der Waals surface area contributed by atoms with Crippen LogP contribution >= 0.6 is 0 Å². The average Bonchev–Trinajstić information content (AvgIpc) is 2.72. The van der Waals surface area contributed by atoms with Gasteiger partial charge >= 0.3 is 6.09 Å². The zero-order valence-corrected chi connectivity index (χ0v) is 17.3. The van der Waals surface area contributed by atoms with Crippen LogP contribution in [0.2, 0.25) is 0 Å². The van der Waals surface area contributed by atoms with E-state index in [4.69, 9.17) is 10.5 Å². The second-order valence-corrected chi connectivity index (χ2v) is 7.54. The van der Waals surface area contributed by atoms with E-state index in [1.54, 1.807) is 0 Å². The lowest BCUT2D eigenvalue weighted by atomic mass is 10.0. The summed E-state index contributed by atoms with van der Waals surface area (Å²) < 4.78 is 5.24. The Bertz CT molecular complexity index is 825. The highest BCUT2D eigenvalue weighted by molar-refractivity contribution is 5.90. The van der Waals surface area contributed by atoms with E-state index in [9.17, 15) is 14.4 Å². The molecule has 2 rings (SSSR count). The van der Waals surface area contributed by atoms with E-state index in [0.29, 0.717) is 6.42 Å². The molecule has 0 bridgehead atoms. The van der Waals surface area contributed by atoms with Crippen LogP contribution in [0.1, 0.15) is 31.4 Å². The molecule has 0 unspecified atom stereocenters. The van der Waals surface area contributed by atoms with Crippen LogP contribution in [0.5, 0.6) is 0 Å². The van der Waals surface area contributed by atoms with Gasteiger partial charge in [-0.15, -0.1) is 0 Å². The van der Waals surface area contributed by atoms with Gasteiger partial charge in [-0.3, -0.25) is 9.59 Å². The van der Waals surface area contributed by atoms with Crippen molar-refractivity contribution in [2.45, 2.75) is 45.4 Å². The summed E-state index contributed by atoms with van der Waals surface area (Å²) in [4.78, 5) is 36.9. The van der Waals surface area contributed by atoms with Gasteiger partial charge in [-0.05, 0) is 23.5 Å². The van der Waals surface area contributed by atoms with Crippen molar-refractivity contribution in [1.82, 2.24) is 10.6 Å². The number of ether oxygens (including phenoxy) is 1. The van der Waals surface area contributed by atoms with E-state index < -0.39 is 30.0 Å². The van der Waals surface area contributed by atoms with Crippen molar-refractivity contribution in [3.63, 3.8) is 0 Å². The minimum atomic E-state index is -0.912. The van der Waals surface area contributed by atoms with Crippen molar-refractivity contribution in [3.05, 3.63) is 71.8 Å². The van der Waals surface area contributed by atoms with Gasteiger partial charge in [0.25, 0.3) is 0 Å². The highest BCUT2D eigenvalue weighted by atomic mass is 16.5. The molecule has 0 heterocycles. The average molecular weight is 412 g/mol. The maximum atomic E-state index is 12.9. The van der Waals surface area contributed by atoms with Crippen LogP contribution in [0.15, 0.2) is 60.7 Å². The smallest absolute Gasteiger partial charge is 0.408 e. The van der Waals surface area contributed by atoms with E-state index in [2.05, 4.69) is 10.6 Å². The molecule has 0 aliphatic carbocycles. The first-order valence-corrected chi connectivity index (χ1v) is 9.96. The zero-order chi connectivity index (χ0) is 21.9. The number of nitrogens with two attached hydrogens (primary N) is 1. The molecule has 0 aromatic heterocycles.